The van der Waals surface area contributed by atoms with E-state index in [0.29, 0.717) is 16.3 Å². The molecule has 0 saturated heterocycles. The van der Waals surface area contributed by atoms with Crippen molar-refractivity contribution < 1.29 is 9.13 Å². The molecule has 4 nitrogen and oxygen atoms in total. The molecule has 0 aliphatic carbocycles. The van der Waals surface area contributed by atoms with E-state index in [2.05, 4.69) is 5.10 Å². The molecular weight excluding hydrogens is 253 g/mol. The first kappa shape index (κ1) is 12.8. The Balaban J connectivity index is 2.37. The number of hydrogen-bond acceptors (Lipinski definition) is 4. The van der Waals surface area contributed by atoms with Crippen LogP contribution in [0, 0.1) is 12.7 Å². The fourth-order valence-corrected chi connectivity index (χ4v) is 2.55. The van der Waals surface area contributed by atoms with E-state index in [1.54, 1.807) is 10.7 Å². The Morgan fingerprint density at radius 1 is 1.39 bits per heavy atom. The second-order valence-electron chi connectivity index (χ2n) is 3.87. The molecule has 0 unspecified atom stereocenters. The lowest BCUT2D eigenvalue weighted by Crippen LogP contribution is -1.96. The van der Waals surface area contributed by atoms with Crippen molar-refractivity contribution in [3.63, 3.8) is 0 Å². The summed E-state index contributed by atoms with van der Waals surface area (Å²) in [7, 11) is 3.33. The number of aromatic nitrogens is 2. The van der Waals surface area contributed by atoms with Gasteiger partial charge in [0.1, 0.15) is 11.6 Å². The van der Waals surface area contributed by atoms with Crippen LogP contribution in [0.1, 0.15) is 5.69 Å². The van der Waals surface area contributed by atoms with Crippen molar-refractivity contribution in [3.8, 4) is 5.75 Å². The van der Waals surface area contributed by atoms with Gasteiger partial charge in [0, 0.05) is 13.1 Å². The standard InChI is InChI=1S/C12H14FN3OS/c1-7-4-12(16(2)15-7)18-11-6-10(17-3)9(14)5-8(11)13/h4-6H,14H2,1-3H3. The second-order valence-corrected chi connectivity index (χ2v) is 4.94. The highest BCUT2D eigenvalue weighted by Gasteiger charge is 2.12. The number of nitrogen functional groups attached to an aromatic ring is 1. The smallest absolute Gasteiger partial charge is 0.143 e. The molecule has 2 rings (SSSR count). The van der Waals surface area contributed by atoms with Crippen molar-refractivity contribution in [2.45, 2.75) is 16.8 Å². The quantitative estimate of drug-likeness (QED) is 0.868. The minimum Gasteiger partial charge on any atom is -0.495 e. The Bertz CT molecular complexity index is 583. The van der Waals surface area contributed by atoms with Crippen molar-refractivity contribution in [3.05, 3.63) is 29.7 Å². The Kier molecular flexibility index (Phi) is 3.47. The fraction of sp³-hybridized carbons (Fsp3) is 0.250. The van der Waals surface area contributed by atoms with Crippen LogP contribution in [0.4, 0.5) is 10.1 Å². The zero-order chi connectivity index (χ0) is 13.3. The van der Waals surface area contributed by atoms with Crippen molar-refractivity contribution in [2.24, 2.45) is 7.05 Å². The van der Waals surface area contributed by atoms with Crippen LogP contribution in [0.2, 0.25) is 0 Å². The molecule has 96 valence electrons. The zero-order valence-corrected chi connectivity index (χ0v) is 11.2. The Hall–Kier alpha value is -1.69. The number of anilines is 1. The third kappa shape index (κ3) is 2.43. The van der Waals surface area contributed by atoms with E-state index < -0.39 is 0 Å². The van der Waals surface area contributed by atoms with Gasteiger partial charge in [0.05, 0.1) is 28.4 Å². The molecule has 2 aromatic rings. The summed E-state index contributed by atoms with van der Waals surface area (Å²) in [4.78, 5) is 0.462. The van der Waals surface area contributed by atoms with E-state index in [9.17, 15) is 4.39 Å². The first-order chi connectivity index (χ1) is 8.51. The number of methoxy groups -OCH3 is 1. The maximum Gasteiger partial charge on any atom is 0.143 e. The van der Waals surface area contributed by atoms with Crippen LogP contribution in [-0.4, -0.2) is 16.9 Å². The van der Waals surface area contributed by atoms with Gasteiger partial charge in [0.25, 0.3) is 0 Å². The molecular formula is C12H14FN3OS. The van der Waals surface area contributed by atoms with Gasteiger partial charge in [-0.3, -0.25) is 4.68 Å². The number of nitrogens with two attached hydrogens (primary N) is 1. The lowest BCUT2D eigenvalue weighted by atomic mass is 10.3. The molecule has 1 heterocycles. The van der Waals surface area contributed by atoms with Gasteiger partial charge in [0.2, 0.25) is 0 Å². The van der Waals surface area contributed by atoms with Crippen molar-refractivity contribution >= 4 is 17.4 Å². The molecule has 2 N–H and O–H groups in total. The number of aryl methyl sites for hydroxylation is 2. The van der Waals surface area contributed by atoms with Gasteiger partial charge < -0.3 is 10.5 Å². The van der Waals surface area contributed by atoms with Gasteiger partial charge in [0.15, 0.2) is 0 Å². The number of hydrogen-bond donors (Lipinski definition) is 1. The Morgan fingerprint density at radius 3 is 2.67 bits per heavy atom. The molecule has 18 heavy (non-hydrogen) atoms. The summed E-state index contributed by atoms with van der Waals surface area (Å²) in [5, 5.41) is 5.07. The van der Waals surface area contributed by atoms with E-state index in [-0.39, 0.29) is 5.82 Å². The molecule has 0 atom stereocenters. The molecule has 0 saturated carbocycles. The highest BCUT2D eigenvalue weighted by molar-refractivity contribution is 7.99. The summed E-state index contributed by atoms with van der Waals surface area (Å²) in [6.45, 7) is 1.89. The topological polar surface area (TPSA) is 53.1 Å². The number of nitrogens with zero attached hydrogens (tertiary/aromatic N) is 2. The summed E-state index contributed by atoms with van der Waals surface area (Å²) >= 11 is 1.29. The van der Waals surface area contributed by atoms with Gasteiger partial charge in [-0.15, -0.1) is 0 Å². The predicted octanol–water partition coefficient (Wildman–Crippen LogP) is 2.61. The summed E-state index contributed by atoms with van der Waals surface area (Å²) < 4.78 is 20.6. The van der Waals surface area contributed by atoms with Crippen LogP contribution in [0.25, 0.3) is 0 Å². The van der Waals surface area contributed by atoms with Crippen LogP contribution in [-0.2, 0) is 7.05 Å². The van der Waals surface area contributed by atoms with Crippen molar-refractivity contribution in [1.82, 2.24) is 9.78 Å². The van der Waals surface area contributed by atoms with Crippen molar-refractivity contribution in [1.29, 1.82) is 0 Å². The molecule has 0 aliphatic heterocycles. The van der Waals surface area contributed by atoms with Gasteiger partial charge in [-0.2, -0.15) is 5.10 Å². The third-order valence-electron chi connectivity index (χ3n) is 2.46. The van der Waals surface area contributed by atoms with E-state index in [0.717, 1.165) is 10.7 Å². The van der Waals surface area contributed by atoms with E-state index in [1.807, 2.05) is 20.0 Å². The average molecular weight is 267 g/mol. The van der Waals surface area contributed by atoms with Crippen LogP contribution in [0.15, 0.2) is 28.1 Å². The normalized spacial score (nSPS) is 10.7. The van der Waals surface area contributed by atoms with Gasteiger partial charge in [-0.1, -0.05) is 11.8 Å². The lowest BCUT2D eigenvalue weighted by Gasteiger charge is -2.08. The number of rotatable bonds is 3. The third-order valence-corrected chi connectivity index (χ3v) is 3.58. The largest absolute Gasteiger partial charge is 0.495 e. The molecule has 1 aromatic heterocycles. The summed E-state index contributed by atoms with van der Waals surface area (Å²) in [5.41, 5.74) is 6.82. The first-order valence-electron chi connectivity index (χ1n) is 5.32. The molecule has 0 bridgehead atoms. The predicted molar refractivity (Wildman–Crippen MR) is 69.4 cm³/mol. The van der Waals surface area contributed by atoms with Gasteiger partial charge >= 0.3 is 0 Å². The number of halogens is 1. The van der Waals surface area contributed by atoms with Gasteiger partial charge in [-0.05, 0) is 19.1 Å². The highest BCUT2D eigenvalue weighted by atomic mass is 32.2. The number of ether oxygens (including phenoxy) is 1. The summed E-state index contributed by atoms with van der Waals surface area (Å²) in [6, 6.07) is 4.76. The maximum absolute atomic E-state index is 13.8. The van der Waals surface area contributed by atoms with E-state index in [1.165, 1.54) is 24.9 Å². The van der Waals surface area contributed by atoms with Crippen LogP contribution in [0.5, 0.6) is 5.75 Å². The monoisotopic (exact) mass is 267 g/mol. The van der Waals surface area contributed by atoms with Crippen LogP contribution in [0.3, 0.4) is 0 Å². The first-order valence-corrected chi connectivity index (χ1v) is 6.14. The molecule has 0 radical (unpaired) electrons. The van der Waals surface area contributed by atoms with Crippen LogP contribution < -0.4 is 10.5 Å². The lowest BCUT2D eigenvalue weighted by molar-refractivity contribution is 0.414. The minimum atomic E-state index is -0.364. The van der Waals surface area contributed by atoms with Crippen molar-refractivity contribution in [2.75, 3.05) is 12.8 Å². The maximum atomic E-state index is 13.8. The molecule has 0 aliphatic rings. The minimum absolute atomic E-state index is 0.292. The van der Waals surface area contributed by atoms with Gasteiger partial charge in [-0.25, -0.2) is 4.39 Å². The Labute approximate surface area is 109 Å². The fourth-order valence-electron chi connectivity index (χ4n) is 1.60. The van der Waals surface area contributed by atoms with E-state index >= 15 is 0 Å². The SMILES string of the molecule is COc1cc(Sc2cc(C)nn2C)c(F)cc1N. The molecule has 1 aromatic carbocycles. The van der Waals surface area contributed by atoms with E-state index in [4.69, 9.17) is 10.5 Å². The molecule has 6 heteroatoms. The molecule has 0 spiro atoms. The zero-order valence-electron chi connectivity index (χ0n) is 10.4. The summed E-state index contributed by atoms with van der Waals surface area (Å²) in [6.07, 6.45) is 0. The molecule has 0 amide bonds. The average Bonchev–Trinajstić information content (AvgIpc) is 2.61. The Morgan fingerprint density at radius 2 is 2.11 bits per heavy atom. The second kappa shape index (κ2) is 4.89. The summed E-state index contributed by atoms with van der Waals surface area (Å²) in [5.74, 6) is 0.106. The number of benzene rings is 1. The van der Waals surface area contributed by atoms with Crippen LogP contribution >= 0.6 is 11.8 Å². The molecule has 0 fully saturated rings. The highest BCUT2D eigenvalue weighted by Crippen LogP contribution is 2.35.